The lowest BCUT2D eigenvalue weighted by molar-refractivity contribution is 0.219. The van der Waals surface area contributed by atoms with E-state index < -0.39 is 0 Å². The average Bonchev–Trinajstić information content (AvgIpc) is 2.80. The molecule has 1 aliphatic rings. The van der Waals surface area contributed by atoms with Crippen molar-refractivity contribution in [1.29, 1.82) is 0 Å². The van der Waals surface area contributed by atoms with Crippen LogP contribution in [-0.2, 0) is 0 Å². The predicted molar refractivity (Wildman–Crippen MR) is 131 cm³/mol. The monoisotopic (exact) mass is 430 g/mol. The van der Waals surface area contributed by atoms with Crippen molar-refractivity contribution in [3.8, 4) is 11.5 Å². The van der Waals surface area contributed by atoms with Gasteiger partial charge in [-0.3, -0.25) is 0 Å². The summed E-state index contributed by atoms with van der Waals surface area (Å²) in [6.07, 6.45) is 2.08. The molecule has 4 rings (SSSR count). The topological polar surface area (TPSA) is 47.7 Å². The molecule has 3 atom stereocenters. The largest absolute Gasteiger partial charge is 0.486 e. The van der Waals surface area contributed by atoms with Gasteiger partial charge in [0.25, 0.3) is 0 Å². The Morgan fingerprint density at radius 2 is 1.47 bits per heavy atom. The summed E-state index contributed by atoms with van der Waals surface area (Å²) >= 11 is 0. The Morgan fingerprint density at radius 1 is 0.875 bits per heavy atom. The lowest BCUT2D eigenvalue weighted by atomic mass is 9.85. The van der Waals surface area contributed by atoms with Crippen molar-refractivity contribution >= 4 is 5.69 Å². The van der Waals surface area contributed by atoms with Crippen LogP contribution in [0.2, 0.25) is 0 Å². The second-order valence-corrected chi connectivity index (χ2v) is 8.86. The summed E-state index contributed by atoms with van der Waals surface area (Å²) in [4.78, 5) is 2.40. The number of nitrogens with two attached hydrogens (primary N) is 1. The minimum Gasteiger partial charge on any atom is -0.486 e. The summed E-state index contributed by atoms with van der Waals surface area (Å²) < 4.78 is 12.5. The van der Waals surface area contributed by atoms with Crippen molar-refractivity contribution in [2.75, 3.05) is 25.9 Å². The van der Waals surface area contributed by atoms with Crippen molar-refractivity contribution < 1.29 is 9.47 Å². The fraction of sp³-hybridized carbons (Fsp3) is 0.357. The molecule has 0 bridgehead atoms. The Morgan fingerprint density at radius 3 is 2.06 bits per heavy atom. The highest BCUT2D eigenvalue weighted by Gasteiger charge is 2.25. The molecule has 3 aromatic carbocycles. The third-order valence-corrected chi connectivity index (χ3v) is 6.35. The molecule has 1 aliphatic heterocycles. The van der Waals surface area contributed by atoms with Gasteiger partial charge in [-0.25, -0.2) is 0 Å². The molecular weight excluding hydrogens is 396 g/mol. The second kappa shape index (κ2) is 10.1. The number of likely N-dealkylation sites (N-methyl/N-ethyl adjacent to an activating group) is 1. The summed E-state index contributed by atoms with van der Waals surface area (Å²) in [5.41, 5.74) is 11.0. The van der Waals surface area contributed by atoms with Crippen LogP contribution in [-0.4, -0.2) is 25.0 Å². The SMILES string of the molecule is CC(Oc1ccccc1)c1cc(C2CCCN(C)C2)c(N)c(C(C)Oc2ccccc2)c1. The zero-order valence-corrected chi connectivity index (χ0v) is 19.3. The fourth-order valence-corrected chi connectivity index (χ4v) is 4.59. The van der Waals surface area contributed by atoms with E-state index in [0.717, 1.165) is 47.8 Å². The van der Waals surface area contributed by atoms with Crippen molar-refractivity contribution in [1.82, 2.24) is 4.90 Å². The van der Waals surface area contributed by atoms with Gasteiger partial charge in [-0.15, -0.1) is 0 Å². The Bertz CT molecular complexity index is 1010. The van der Waals surface area contributed by atoms with Gasteiger partial charge in [0.2, 0.25) is 0 Å². The van der Waals surface area contributed by atoms with E-state index in [1.165, 1.54) is 12.0 Å². The quantitative estimate of drug-likeness (QED) is 0.443. The summed E-state index contributed by atoms with van der Waals surface area (Å²) in [5, 5.41) is 0. The first-order chi connectivity index (χ1) is 15.5. The number of nitrogen functional groups attached to an aromatic ring is 1. The first-order valence-corrected chi connectivity index (χ1v) is 11.6. The third kappa shape index (κ3) is 5.25. The molecule has 0 saturated carbocycles. The van der Waals surface area contributed by atoms with E-state index in [2.05, 4.69) is 37.9 Å². The number of likely N-dealkylation sites (tertiary alicyclic amines) is 1. The van der Waals surface area contributed by atoms with E-state index in [9.17, 15) is 0 Å². The van der Waals surface area contributed by atoms with Gasteiger partial charge in [-0.2, -0.15) is 0 Å². The van der Waals surface area contributed by atoms with E-state index in [0.29, 0.717) is 5.92 Å². The molecule has 1 heterocycles. The number of rotatable bonds is 7. The Balaban J connectivity index is 1.68. The number of benzene rings is 3. The van der Waals surface area contributed by atoms with Gasteiger partial charge >= 0.3 is 0 Å². The molecule has 0 radical (unpaired) electrons. The maximum absolute atomic E-state index is 6.80. The maximum atomic E-state index is 6.80. The second-order valence-electron chi connectivity index (χ2n) is 8.86. The molecule has 0 aliphatic carbocycles. The van der Waals surface area contributed by atoms with Crippen molar-refractivity contribution in [2.24, 2.45) is 0 Å². The highest BCUT2D eigenvalue weighted by atomic mass is 16.5. The van der Waals surface area contributed by atoms with Crippen LogP contribution in [0.1, 0.15) is 61.5 Å². The van der Waals surface area contributed by atoms with E-state index in [1.54, 1.807) is 0 Å². The number of ether oxygens (including phenoxy) is 2. The van der Waals surface area contributed by atoms with Gasteiger partial charge in [0, 0.05) is 17.8 Å². The molecule has 2 N–H and O–H groups in total. The first-order valence-electron chi connectivity index (χ1n) is 11.6. The molecule has 3 unspecified atom stereocenters. The Hall–Kier alpha value is -2.98. The molecule has 4 heteroatoms. The molecule has 0 spiro atoms. The van der Waals surface area contributed by atoms with Gasteiger partial charge in [-0.05, 0) is 93.7 Å². The van der Waals surface area contributed by atoms with Gasteiger partial charge in [0.05, 0.1) is 0 Å². The summed E-state index contributed by atoms with van der Waals surface area (Å²) in [6, 6.07) is 24.3. The minimum atomic E-state index is -0.165. The molecule has 168 valence electrons. The molecule has 32 heavy (non-hydrogen) atoms. The molecular formula is C28H34N2O2. The van der Waals surface area contributed by atoms with Crippen LogP contribution in [0.15, 0.2) is 72.8 Å². The zero-order chi connectivity index (χ0) is 22.5. The van der Waals surface area contributed by atoms with E-state index in [1.807, 2.05) is 60.7 Å². The smallest absolute Gasteiger partial charge is 0.123 e. The Labute approximate surface area is 192 Å². The first kappa shape index (κ1) is 22.2. The highest BCUT2D eigenvalue weighted by molar-refractivity contribution is 5.59. The highest BCUT2D eigenvalue weighted by Crippen LogP contribution is 2.38. The van der Waals surface area contributed by atoms with Crippen molar-refractivity contribution in [3.63, 3.8) is 0 Å². The van der Waals surface area contributed by atoms with E-state index in [4.69, 9.17) is 15.2 Å². The minimum absolute atomic E-state index is 0.0965. The van der Waals surface area contributed by atoms with Crippen LogP contribution in [0, 0.1) is 0 Å². The van der Waals surface area contributed by atoms with E-state index >= 15 is 0 Å². The molecule has 1 fully saturated rings. The summed E-state index contributed by atoms with van der Waals surface area (Å²) in [6.45, 7) is 6.34. The van der Waals surface area contributed by atoms with E-state index in [-0.39, 0.29) is 12.2 Å². The normalized spacial score (nSPS) is 18.7. The predicted octanol–water partition coefficient (Wildman–Crippen LogP) is 6.36. The lowest BCUT2D eigenvalue weighted by Crippen LogP contribution is -2.31. The fourth-order valence-electron chi connectivity index (χ4n) is 4.59. The Kier molecular flexibility index (Phi) is 7.01. The zero-order valence-electron chi connectivity index (χ0n) is 19.3. The standard InChI is InChI=1S/C28H34N2O2/c1-20(31-24-12-6-4-7-13-24)23-17-26(21(2)32-25-14-8-5-9-15-25)28(29)27(18-23)22-11-10-16-30(3)19-22/h4-9,12-15,17-18,20-22H,10-11,16,19,29H2,1-3H3. The molecule has 4 nitrogen and oxygen atoms in total. The van der Waals surface area contributed by atoms with Crippen LogP contribution < -0.4 is 15.2 Å². The summed E-state index contributed by atoms with van der Waals surface area (Å²) in [7, 11) is 2.19. The van der Waals surface area contributed by atoms with Crippen LogP contribution in [0.4, 0.5) is 5.69 Å². The van der Waals surface area contributed by atoms with Gasteiger partial charge < -0.3 is 20.1 Å². The molecule has 0 aromatic heterocycles. The van der Waals surface area contributed by atoms with Crippen LogP contribution in [0.25, 0.3) is 0 Å². The molecule has 3 aromatic rings. The van der Waals surface area contributed by atoms with Crippen LogP contribution in [0.5, 0.6) is 11.5 Å². The number of para-hydroxylation sites is 2. The number of nitrogens with zero attached hydrogens (tertiary/aromatic N) is 1. The number of piperidine rings is 1. The van der Waals surface area contributed by atoms with Gasteiger partial charge in [0.15, 0.2) is 0 Å². The van der Waals surface area contributed by atoms with Crippen molar-refractivity contribution in [3.05, 3.63) is 89.5 Å². The van der Waals surface area contributed by atoms with Crippen LogP contribution in [0.3, 0.4) is 0 Å². The van der Waals surface area contributed by atoms with Crippen molar-refractivity contribution in [2.45, 2.75) is 44.8 Å². The molecule has 1 saturated heterocycles. The number of hydrogen-bond donors (Lipinski definition) is 1. The summed E-state index contributed by atoms with van der Waals surface area (Å²) in [5.74, 6) is 2.13. The lowest BCUT2D eigenvalue weighted by Gasteiger charge is -2.32. The number of anilines is 1. The molecule has 0 amide bonds. The average molecular weight is 431 g/mol. The maximum Gasteiger partial charge on any atom is 0.123 e. The number of hydrogen-bond acceptors (Lipinski definition) is 4. The van der Waals surface area contributed by atoms with Gasteiger partial charge in [-0.1, -0.05) is 36.4 Å². The van der Waals surface area contributed by atoms with Crippen LogP contribution >= 0.6 is 0 Å². The van der Waals surface area contributed by atoms with Gasteiger partial charge in [0.1, 0.15) is 23.7 Å². The third-order valence-electron chi connectivity index (χ3n) is 6.35.